The number of hydrogen-bond acceptors (Lipinski definition) is 5. The van der Waals surface area contributed by atoms with Gasteiger partial charge in [0.15, 0.2) is 0 Å². The van der Waals surface area contributed by atoms with Gasteiger partial charge in [-0.1, -0.05) is 27.5 Å². The number of ether oxygens (including phenoxy) is 1. The molecule has 2 heterocycles. The van der Waals surface area contributed by atoms with E-state index >= 15 is 0 Å². The van der Waals surface area contributed by atoms with Crippen LogP contribution in [0.4, 0.5) is 0 Å². The van der Waals surface area contributed by atoms with Crippen LogP contribution >= 0.6 is 15.9 Å². The van der Waals surface area contributed by atoms with Gasteiger partial charge in [0, 0.05) is 35.0 Å². The molecule has 1 aromatic heterocycles. The van der Waals surface area contributed by atoms with Gasteiger partial charge < -0.3 is 9.84 Å². The third kappa shape index (κ3) is 4.52. The van der Waals surface area contributed by atoms with Crippen molar-refractivity contribution in [3.05, 3.63) is 43.0 Å². The van der Waals surface area contributed by atoms with Crippen LogP contribution in [-0.2, 0) is 11.3 Å². The van der Waals surface area contributed by atoms with E-state index in [1.54, 1.807) is 6.92 Å². The summed E-state index contributed by atoms with van der Waals surface area (Å²) in [4.78, 5) is 27.8. The topological polar surface area (TPSA) is 122 Å². The first-order chi connectivity index (χ1) is 12.0. The van der Waals surface area contributed by atoms with E-state index in [9.17, 15) is 14.7 Å². The second-order valence-electron chi connectivity index (χ2n) is 6.03. The number of aromatic nitrogens is 2. The Morgan fingerprint density at radius 2 is 2.20 bits per heavy atom. The lowest BCUT2D eigenvalue weighted by Gasteiger charge is -2.17. The third-order valence-corrected chi connectivity index (χ3v) is 4.84. The maximum absolute atomic E-state index is 12.7. The van der Waals surface area contributed by atoms with Crippen molar-refractivity contribution in [2.75, 3.05) is 11.9 Å². The quantitative estimate of drug-likeness (QED) is 0.228. The van der Waals surface area contributed by atoms with E-state index in [0.29, 0.717) is 12.1 Å². The van der Waals surface area contributed by atoms with E-state index in [1.165, 1.54) is 15.3 Å². The van der Waals surface area contributed by atoms with Crippen LogP contribution in [0, 0.1) is 6.92 Å². The van der Waals surface area contributed by atoms with Gasteiger partial charge in [0.05, 0.1) is 18.8 Å². The Bertz CT molecular complexity index is 755. The summed E-state index contributed by atoms with van der Waals surface area (Å²) in [6, 6.07) is -0.550. The molecule has 0 unspecified atom stereocenters. The second kappa shape index (κ2) is 9.19. The molecule has 2 rings (SSSR count). The summed E-state index contributed by atoms with van der Waals surface area (Å²) >= 11 is 3.36. The van der Waals surface area contributed by atoms with Crippen molar-refractivity contribution in [3.8, 4) is 0 Å². The standard InChI is InChI=1S/C15H22BrN5O4/c1-10-8-21(13-7-11(18-19-17)12(9-22)25-13)15(24)20(14(10)23)6-4-2-3-5-16/h8,11-13,22H,2-7,9H2,1H3/t11-,12+,13+/m0/s1. The lowest BCUT2D eigenvalue weighted by atomic mass is 10.1. The molecule has 1 N–H and O–H groups in total. The molecule has 3 atom stereocenters. The van der Waals surface area contributed by atoms with Gasteiger partial charge in [-0.3, -0.25) is 13.9 Å². The highest BCUT2D eigenvalue weighted by Gasteiger charge is 2.36. The zero-order valence-electron chi connectivity index (χ0n) is 14.0. The summed E-state index contributed by atoms with van der Waals surface area (Å²) in [5, 5.41) is 13.9. The SMILES string of the molecule is Cc1cn([C@H]2C[C@H](N=[N+]=[N-])[C@@H](CO)O2)c(=O)n(CCCCCBr)c1=O. The minimum Gasteiger partial charge on any atom is -0.394 e. The fourth-order valence-electron chi connectivity index (χ4n) is 2.94. The molecule has 1 fully saturated rings. The van der Waals surface area contributed by atoms with Crippen LogP contribution in [0.2, 0.25) is 0 Å². The predicted molar refractivity (Wildman–Crippen MR) is 95.9 cm³/mol. The van der Waals surface area contributed by atoms with E-state index in [1.807, 2.05) is 0 Å². The minimum atomic E-state index is -0.673. The van der Waals surface area contributed by atoms with Gasteiger partial charge in [-0.25, -0.2) is 4.79 Å². The minimum absolute atomic E-state index is 0.274. The highest BCUT2D eigenvalue weighted by molar-refractivity contribution is 9.09. The number of alkyl halides is 1. The van der Waals surface area contributed by atoms with Crippen LogP contribution in [0.15, 0.2) is 20.9 Å². The molecule has 0 radical (unpaired) electrons. The van der Waals surface area contributed by atoms with Crippen LogP contribution in [0.3, 0.4) is 0 Å². The summed E-state index contributed by atoms with van der Waals surface area (Å²) in [6.45, 7) is 1.69. The van der Waals surface area contributed by atoms with Crippen molar-refractivity contribution < 1.29 is 9.84 Å². The van der Waals surface area contributed by atoms with Crippen LogP contribution in [-0.4, -0.2) is 38.3 Å². The molecule has 1 aromatic rings. The molecule has 1 saturated heterocycles. The fourth-order valence-corrected chi connectivity index (χ4v) is 3.34. The maximum Gasteiger partial charge on any atom is 0.333 e. The smallest absolute Gasteiger partial charge is 0.333 e. The van der Waals surface area contributed by atoms with Crippen LogP contribution in [0.1, 0.15) is 37.5 Å². The molecule has 138 valence electrons. The van der Waals surface area contributed by atoms with E-state index in [2.05, 4.69) is 26.0 Å². The molecule has 9 nitrogen and oxygen atoms in total. The molecular weight excluding hydrogens is 394 g/mol. The van der Waals surface area contributed by atoms with Gasteiger partial charge >= 0.3 is 5.69 Å². The molecule has 25 heavy (non-hydrogen) atoms. The zero-order chi connectivity index (χ0) is 18.4. The number of aryl methyl sites for hydroxylation is 1. The summed E-state index contributed by atoms with van der Waals surface area (Å²) in [5.74, 6) is 0. The van der Waals surface area contributed by atoms with E-state index in [0.717, 1.165) is 24.6 Å². The Balaban J connectivity index is 2.30. The lowest BCUT2D eigenvalue weighted by Crippen LogP contribution is -2.42. The summed E-state index contributed by atoms with van der Waals surface area (Å²) < 4.78 is 8.24. The third-order valence-electron chi connectivity index (χ3n) is 4.28. The number of halogens is 1. The maximum atomic E-state index is 12.7. The predicted octanol–water partition coefficient (Wildman–Crippen LogP) is 1.84. The molecule has 0 aromatic carbocycles. The van der Waals surface area contributed by atoms with Gasteiger partial charge in [0.1, 0.15) is 6.23 Å². The molecule has 0 saturated carbocycles. The second-order valence-corrected chi connectivity index (χ2v) is 6.82. The number of rotatable bonds is 8. The number of hydrogen-bond donors (Lipinski definition) is 1. The summed E-state index contributed by atoms with van der Waals surface area (Å²) in [6.07, 6.45) is 3.04. The van der Waals surface area contributed by atoms with Crippen LogP contribution in [0.5, 0.6) is 0 Å². The van der Waals surface area contributed by atoms with Crippen LogP contribution < -0.4 is 11.2 Å². The Hall–Kier alpha value is -1.61. The first-order valence-electron chi connectivity index (χ1n) is 8.22. The Kier molecular flexibility index (Phi) is 7.24. The average molecular weight is 416 g/mol. The number of nitrogens with zero attached hydrogens (tertiary/aromatic N) is 5. The van der Waals surface area contributed by atoms with Gasteiger partial charge in [-0.15, -0.1) is 0 Å². The Morgan fingerprint density at radius 3 is 2.84 bits per heavy atom. The number of azide groups is 1. The zero-order valence-corrected chi connectivity index (χ0v) is 15.6. The van der Waals surface area contributed by atoms with Crippen molar-refractivity contribution in [2.24, 2.45) is 5.11 Å². The van der Waals surface area contributed by atoms with E-state index in [4.69, 9.17) is 10.3 Å². The average Bonchev–Trinajstić information content (AvgIpc) is 3.00. The highest BCUT2D eigenvalue weighted by atomic mass is 79.9. The van der Waals surface area contributed by atoms with E-state index < -0.39 is 24.1 Å². The fraction of sp³-hybridized carbons (Fsp3) is 0.733. The highest BCUT2D eigenvalue weighted by Crippen LogP contribution is 2.29. The number of aliphatic hydroxyl groups excluding tert-OH is 1. The normalized spacial score (nSPS) is 22.8. The van der Waals surface area contributed by atoms with Crippen molar-refractivity contribution >= 4 is 15.9 Å². The van der Waals surface area contributed by atoms with Gasteiger partial charge in [0.2, 0.25) is 0 Å². The van der Waals surface area contributed by atoms with Crippen LogP contribution in [0.25, 0.3) is 10.4 Å². The first-order valence-corrected chi connectivity index (χ1v) is 9.34. The molecule has 0 bridgehead atoms. The van der Waals surface area contributed by atoms with Crippen molar-refractivity contribution in [1.29, 1.82) is 0 Å². The molecule has 10 heteroatoms. The van der Waals surface area contributed by atoms with E-state index in [-0.39, 0.29) is 18.6 Å². The van der Waals surface area contributed by atoms with Gasteiger partial charge in [0.25, 0.3) is 5.56 Å². The van der Waals surface area contributed by atoms with Gasteiger partial charge in [-0.2, -0.15) is 0 Å². The Morgan fingerprint density at radius 1 is 1.44 bits per heavy atom. The van der Waals surface area contributed by atoms with Gasteiger partial charge in [-0.05, 0) is 25.3 Å². The lowest BCUT2D eigenvalue weighted by molar-refractivity contribution is -0.0277. The van der Waals surface area contributed by atoms with Crippen molar-refractivity contribution in [1.82, 2.24) is 9.13 Å². The number of aliphatic hydroxyl groups is 1. The summed E-state index contributed by atoms with van der Waals surface area (Å²) in [5.41, 5.74) is 8.31. The first kappa shape index (κ1) is 19.7. The molecule has 0 aliphatic carbocycles. The monoisotopic (exact) mass is 415 g/mol. The van der Waals surface area contributed by atoms with Crippen molar-refractivity contribution in [3.63, 3.8) is 0 Å². The molecule has 0 spiro atoms. The Labute approximate surface area is 153 Å². The summed E-state index contributed by atoms with van der Waals surface area (Å²) in [7, 11) is 0. The molecule has 1 aliphatic rings. The molecule has 0 amide bonds. The largest absolute Gasteiger partial charge is 0.394 e. The number of unbranched alkanes of at least 4 members (excludes halogenated alkanes) is 2. The van der Waals surface area contributed by atoms with Crippen molar-refractivity contribution in [2.45, 2.75) is 57.5 Å². The molecular formula is C15H22BrN5O4. The molecule has 1 aliphatic heterocycles.